The second-order valence-corrected chi connectivity index (χ2v) is 8.85. The van der Waals surface area contributed by atoms with Gasteiger partial charge < -0.3 is 14.7 Å². The smallest absolute Gasteiger partial charge is 0.181 e. The standard InChI is InChI=1S/C28H25NO2/c30-19-28-16-22-11-5-7-13-25(22)29(18-20-8-2-1-3-9-20)27(28)31-26-15-14-21-10-4-6-12-23(21)24(26)17-28/h1-15,27,30H,16-19H2/t27-,28+/m0/s1. The van der Waals surface area contributed by atoms with Gasteiger partial charge >= 0.3 is 0 Å². The monoisotopic (exact) mass is 407 g/mol. The number of benzene rings is 4. The number of para-hydroxylation sites is 1. The average molecular weight is 408 g/mol. The van der Waals surface area contributed by atoms with E-state index < -0.39 is 0 Å². The van der Waals surface area contributed by atoms with Crippen molar-refractivity contribution in [3.8, 4) is 5.75 Å². The summed E-state index contributed by atoms with van der Waals surface area (Å²) in [6.45, 7) is 0.827. The second-order valence-electron chi connectivity index (χ2n) is 8.85. The third-order valence-electron chi connectivity index (χ3n) is 6.93. The number of hydrogen-bond donors (Lipinski definition) is 1. The van der Waals surface area contributed by atoms with Gasteiger partial charge in [0.1, 0.15) is 5.75 Å². The number of aliphatic hydroxyl groups is 1. The number of aliphatic hydroxyl groups excluding tert-OH is 1. The molecule has 2 aliphatic rings. The number of fused-ring (bicyclic) bond motifs is 5. The maximum Gasteiger partial charge on any atom is 0.181 e. The molecule has 1 N–H and O–H groups in total. The summed E-state index contributed by atoms with van der Waals surface area (Å²) < 4.78 is 6.75. The van der Waals surface area contributed by atoms with E-state index >= 15 is 0 Å². The van der Waals surface area contributed by atoms with Gasteiger partial charge in [-0.15, -0.1) is 0 Å². The number of hydrogen-bond acceptors (Lipinski definition) is 3. The highest BCUT2D eigenvalue weighted by Gasteiger charge is 2.51. The largest absolute Gasteiger partial charge is 0.469 e. The van der Waals surface area contributed by atoms with Gasteiger partial charge in [0.2, 0.25) is 0 Å². The molecule has 3 nitrogen and oxygen atoms in total. The van der Waals surface area contributed by atoms with E-state index in [-0.39, 0.29) is 18.2 Å². The van der Waals surface area contributed by atoms with Crippen LogP contribution < -0.4 is 9.64 Å². The zero-order valence-electron chi connectivity index (χ0n) is 17.4. The summed E-state index contributed by atoms with van der Waals surface area (Å²) in [7, 11) is 0. The molecule has 2 atom stereocenters. The Balaban J connectivity index is 1.51. The normalized spacial score (nSPS) is 21.7. The SMILES string of the molecule is OC[C@]12Cc3ccccc3N(Cc3ccccc3)[C@H]1Oc1ccc3ccccc3c1C2. The van der Waals surface area contributed by atoms with E-state index in [1.54, 1.807) is 0 Å². The van der Waals surface area contributed by atoms with E-state index in [9.17, 15) is 5.11 Å². The summed E-state index contributed by atoms with van der Waals surface area (Å²) in [4.78, 5) is 2.35. The van der Waals surface area contributed by atoms with Gasteiger partial charge in [0.05, 0.1) is 12.0 Å². The first-order valence-electron chi connectivity index (χ1n) is 10.9. The molecule has 0 fully saturated rings. The highest BCUT2D eigenvalue weighted by molar-refractivity contribution is 5.88. The van der Waals surface area contributed by atoms with Crippen LogP contribution in [-0.4, -0.2) is 17.9 Å². The molecule has 6 rings (SSSR count). The number of anilines is 1. The van der Waals surface area contributed by atoms with Gasteiger partial charge in [0.15, 0.2) is 6.23 Å². The number of nitrogens with zero attached hydrogens (tertiary/aromatic N) is 1. The van der Waals surface area contributed by atoms with E-state index in [1.165, 1.54) is 33.2 Å². The van der Waals surface area contributed by atoms with Crippen LogP contribution in [0.2, 0.25) is 0 Å². The molecule has 0 spiro atoms. The van der Waals surface area contributed by atoms with Crippen molar-refractivity contribution in [3.63, 3.8) is 0 Å². The first-order chi connectivity index (χ1) is 15.3. The van der Waals surface area contributed by atoms with Gasteiger partial charge in [-0.3, -0.25) is 0 Å². The summed E-state index contributed by atoms with van der Waals surface area (Å²) in [6.07, 6.45) is 1.38. The fraction of sp³-hybridized carbons (Fsp3) is 0.214. The van der Waals surface area contributed by atoms with Crippen LogP contribution in [0.1, 0.15) is 16.7 Å². The summed E-state index contributed by atoms with van der Waals surface area (Å²) in [5, 5.41) is 13.2. The molecule has 0 amide bonds. The van der Waals surface area contributed by atoms with Crippen LogP contribution in [0.3, 0.4) is 0 Å². The van der Waals surface area contributed by atoms with Gasteiger partial charge in [0, 0.05) is 17.8 Å². The van der Waals surface area contributed by atoms with Crippen LogP contribution >= 0.6 is 0 Å². The van der Waals surface area contributed by atoms with Crippen molar-refractivity contribution >= 4 is 16.5 Å². The Labute approximate surface area is 182 Å². The molecule has 0 bridgehead atoms. The Hall–Kier alpha value is -3.30. The maximum atomic E-state index is 10.8. The van der Waals surface area contributed by atoms with Crippen LogP contribution in [0, 0.1) is 5.41 Å². The van der Waals surface area contributed by atoms with Gasteiger partial charge in [-0.1, -0.05) is 78.9 Å². The Morgan fingerprint density at radius 2 is 1.61 bits per heavy atom. The zero-order chi connectivity index (χ0) is 20.8. The van der Waals surface area contributed by atoms with Crippen molar-refractivity contribution in [1.82, 2.24) is 0 Å². The van der Waals surface area contributed by atoms with E-state index in [0.717, 1.165) is 25.1 Å². The third kappa shape index (κ3) is 2.92. The molecule has 2 heterocycles. The lowest BCUT2D eigenvalue weighted by Gasteiger charge is -2.52. The van der Waals surface area contributed by atoms with Crippen molar-refractivity contribution < 1.29 is 9.84 Å². The minimum absolute atomic E-state index is 0.0833. The van der Waals surface area contributed by atoms with Crippen molar-refractivity contribution in [1.29, 1.82) is 0 Å². The molecule has 2 aliphatic heterocycles. The third-order valence-corrected chi connectivity index (χ3v) is 6.93. The molecule has 0 saturated heterocycles. The van der Waals surface area contributed by atoms with Crippen LogP contribution in [0.15, 0.2) is 91.0 Å². The van der Waals surface area contributed by atoms with E-state index in [1.807, 2.05) is 6.07 Å². The highest BCUT2D eigenvalue weighted by atomic mass is 16.5. The molecule has 0 radical (unpaired) electrons. The van der Waals surface area contributed by atoms with Gasteiger partial charge in [-0.25, -0.2) is 0 Å². The molecular formula is C28H25NO2. The lowest BCUT2D eigenvalue weighted by atomic mass is 9.70. The van der Waals surface area contributed by atoms with Crippen LogP contribution in [-0.2, 0) is 19.4 Å². The molecule has 4 aromatic rings. The summed E-state index contributed by atoms with van der Waals surface area (Å²) in [5.41, 5.74) is 4.53. The first kappa shape index (κ1) is 18.5. The topological polar surface area (TPSA) is 32.7 Å². The maximum absolute atomic E-state index is 10.8. The predicted molar refractivity (Wildman–Crippen MR) is 124 cm³/mol. The van der Waals surface area contributed by atoms with Crippen molar-refractivity contribution in [2.24, 2.45) is 5.41 Å². The Bertz CT molecular complexity index is 1250. The van der Waals surface area contributed by atoms with Crippen LogP contribution in [0.5, 0.6) is 5.75 Å². The Morgan fingerprint density at radius 3 is 2.48 bits per heavy atom. The fourth-order valence-electron chi connectivity index (χ4n) is 5.42. The van der Waals surface area contributed by atoms with E-state index in [2.05, 4.69) is 89.8 Å². The lowest BCUT2D eigenvalue weighted by Crippen LogP contribution is -2.60. The quantitative estimate of drug-likeness (QED) is 0.497. The molecular weight excluding hydrogens is 382 g/mol. The minimum atomic E-state index is -0.389. The molecule has 0 aliphatic carbocycles. The summed E-state index contributed by atoms with van der Waals surface area (Å²) in [5.74, 6) is 0.935. The second kappa shape index (κ2) is 7.14. The Morgan fingerprint density at radius 1 is 0.839 bits per heavy atom. The highest BCUT2D eigenvalue weighted by Crippen LogP contribution is 2.50. The molecule has 154 valence electrons. The molecule has 0 saturated carbocycles. The average Bonchev–Trinajstić information content (AvgIpc) is 2.83. The summed E-state index contributed by atoms with van der Waals surface area (Å²) >= 11 is 0. The minimum Gasteiger partial charge on any atom is -0.469 e. The van der Waals surface area contributed by atoms with Crippen LogP contribution in [0.4, 0.5) is 5.69 Å². The van der Waals surface area contributed by atoms with Gasteiger partial charge in [-0.2, -0.15) is 0 Å². The summed E-state index contributed by atoms with van der Waals surface area (Å²) in [6, 6.07) is 31.8. The molecule has 31 heavy (non-hydrogen) atoms. The van der Waals surface area contributed by atoms with E-state index in [4.69, 9.17) is 4.74 Å². The molecule has 4 aromatic carbocycles. The zero-order valence-corrected chi connectivity index (χ0v) is 17.4. The number of rotatable bonds is 3. The van der Waals surface area contributed by atoms with Gasteiger partial charge in [-0.05, 0) is 46.9 Å². The first-order valence-corrected chi connectivity index (χ1v) is 10.9. The lowest BCUT2D eigenvalue weighted by molar-refractivity contribution is -0.0243. The van der Waals surface area contributed by atoms with Crippen molar-refractivity contribution in [2.45, 2.75) is 25.6 Å². The molecule has 3 heteroatoms. The molecule has 0 unspecified atom stereocenters. The number of ether oxygens (including phenoxy) is 1. The van der Waals surface area contributed by atoms with E-state index in [0.29, 0.717) is 0 Å². The van der Waals surface area contributed by atoms with Gasteiger partial charge in [0.25, 0.3) is 0 Å². The molecule has 0 aromatic heterocycles. The van der Waals surface area contributed by atoms with Crippen LogP contribution in [0.25, 0.3) is 10.8 Å². The fourth-order valence-corrected chi connectivity index (χ4v) is 5.42. The van der Waals surface area contributed by atoms with Crippen molar-refractivity contribution in [2.75, 3.05) is 11.5 Å². The van der Waals surface area contributed by atoms with Crippen molar-refractivity contribution in [3.05, 3.63) is 108 Å². The predicted octanol–water partition coefficient (Wildman–Crippen LogP) is 5.34. The Kier molecular flexibility index (Phi) is 4.25.